The second-order valence-corrected chi connectivity index (χ2v) is 6.13. The lowest BCUT2D eigenvalue weighted by Gasteiger charge is -2.13. The van der Waals surface area contributed by atoms with E-state index in [1.54, 1.807) is 26.2 Å². The van der Waals surface area contributed by atoms with Gasteiger partial charge in [-0.2, -0.15) is 0 Å². The Balaban J connectivity index is 1.87. The Morgan fingerprint density at radius 3 is 2.87 bits per heavy atom. The second-order valence-electron chi connectivity index (χ2n) is 5.75. The van der Waals surface area contributed by atoms with E-state index >= 15 is 0 Å². The summed E-state index contributed by atoms with van der Waals surface area (Å²) in [6, 6.07) is 3.65. The monoisotopic (exact) mass is 335 g/mol. The van der Waals surface area contributed by atoms with Crippen molar-refractivity contribution in [1.82, 2.24) is 9.97 Å². The van der Waals surface area contributed by atoms with Crippen LogP contribution in [0.2, 0.25) is 5.02 Å². The predicted molar refractivity (Wildman–Crippen MR) is 85.6 cm³/mol. The highest BCUT2D eigenvalue weighted by Crippen LogP contribution is 2.39. The number of aromatic nitrogens is 2. The summed E-state index contributed by atoms with van der Waals surface area (Å²) in [5.74, 6) is 1.57. The zero-order chi connectivity index (χ0) is 16.4. The molecule has 7 heteroatoms. The molecule has 0 aromatic carbocycles. The van der Waals surface area contributed by atoms with Crippen molar-refractivity contribution in [2.24, 2.45) is 0 Å². The summed E-state index contributed by atoms with van der Waals surface area (Å²) in [7, 11) is 0. The molecule has 0 unspecified atom stereocenters. The van der Waals surface area contributed by atoms with Crippen molar-refractivity contribution < 1.29 is 13.9 Å². The average molecular weight is 336 g/mol. The van der Waals surface area contributed by atoms with Gasteiger partial charge in [0.15, 0.2) is 5.69 Å². The molecule has 0 aliphatic heterocycles. The Labute approximate surface area is 139 Å². The maximum Gasteiger partial charge on any atom is 0.358 e. The van der Waals surface area contributed by atoms with E-state index in [9.17, 15) is 4.79 Å². The van der Waals surface area contributed by atoms with Crippen LogP contribution in [0.25, 0.3) is 0 Å². The van der Waals surface area contributed by atoms with Gasteiger partial charge in [-0.25, -0.2) is 14.8 Å². The van der Waals surface area contributed by atoms with Gasteiger partial charge in [0.05, 0.1) is 18.9 Å². The standard InChI is InChI=1S/C16H18ClN3O3/c1-9(2)23-16(21)13-12(17)15(18-8-11-4-3-7-22-11)20-14(19-13)10-5-6-10/h3-4,7,9-10H,5-6,8H2,1-2H3,(H,18,19,20). The van der Waals surface area contributed by atoms with Gasteiger partial charge < -0.3 is 14.5 Å². The summed E-state index contributed by atoms with van der Waals surface area (Å²) in [4.78, 5) is 21.0. The molecule has 0 bridgehead atoms. The third kappa shape index (κ3) is 3.82. The molecule has 2 heterocycles. The molecule has 1 aliphatic carbocycles. The van der Waals surface area contributed by atoms with Crippen LogP contribution in [-0.4, -0.2) is 22.0 Å². The van der Waals surface area contributed by atoms with E-state index in [0.29, 0.717) is 24.1 Å². The molecule has 2 aromatic rings. The summed E-state index contributed by atoms with van der Waals surface area (Å²) >= 11 is 6.31. The van der Waals surface area contributed by atoms with Crippen LogP contribution < -0.4 is 5.32 Å². The number of anilines is 1. The topological polar surface area (TPSA) is 77.2 Å². The highest BCUT2D eigenvalue weighted by molar-refractivity contribution is 6.35. The van der Waals surface area contributed by atoms with Gasteiger partial charge >= 0.3 is 5.97 Å². The molecule has 2 aromatic heterocycles. The predicted octanol–water partition coefficient (Wildman–Crippen LogP) is 3.78. The fraction of sp³-hybridized carbons (Fsp3) is 0.438. The number of furan rings is 1. The molecule has 1 fully saturated rings. The van der Waals surface area contributed by atoms with Gasteiger partial charge in [-0.05, 0) is 38.8 Å². The van der Waals surface area contributed by atoms with E-state index in [2.05, 4.69) is 15.3 Å². The van der Waals surface area contributed by atoms with Crippen molar-refractivity contribution in [1.29, 1.82) is 0 Å². The van der Waals surface area contributed by atoms with Gasteiger partial charge in [0.2, 0.25) is 0 Å². The van der Waals surface area contributed by atoms with Crippen molar-refractivity contribution >= 4 is 23.4 Å². The van der Waals surface area contributed by atoms with Gasteiger partial charge in [0.25, 0.3) is 0 Å². The minimum absolute atomic E-state index is 0.110. The summed E-state index contributed by atoms with van der Waals surface area (Å²) in [5.41, 5.74) is 0.110. The van der Waals surface area contributed by atoms with Crippen LogP contribution in [0.1, 0.15) is 54.7 Å². The van der Waals surface area contributed by atoms with Gasteiger partial charge in [-0.1, -0.05) is 11.6 Å². The number of hydrogen-bond acceptors (Lipinski definition) is 6. The minimum Gasteiger partial charge on any atom is -0.467 e. The highest BCUT2D eigenvalue weighted by atomic mass is 35.5. The normalized spacial score (nSPS) is 14.1. The van der Waals surface area contributed by atoms with Crippen molar-refractivity contribution in [2.75, 3.05) is 5.32 Å². The first-order valence-electron chi connectivity index (χ1n) is 7.59. The molecule has 0 spiro atoms. The van der Waals surface area contributed by atoms with Crippen LogP contribution in [-0.2, 0) is 11.3 Å². The lowest BCUT2D eigenvalue weighted by atomic mass is 10.3. The van der Waals surface area contributed by atoms with Crippen LogP contribution in [0.15, 0.2) is 22.8 Å². The highest BCUT2D eigenvalue weighted by Gasteiger charge is 2.30. The van der Waals surface area contributed by atoms with Gasteiger partial charge in [0, 0.05) is 5.92 Å². The van der Waals surface area contributed by atoms with E-state index in [1.165, 1.54) is 0 Å². The zero-order valence-electron chi connectivity index (χ0n) is 13.0. The van der Waals surface area contributed by atoms with Crippen LogP contribution in [0.3, 0.4) is 0 Å². The number of rotatable bonds is 6. The van der Waals surface area contributed by atoms with E-state index in [4.69, 9.17) is 20.8 Å². The third-order valence-corrected chi connectivity index (χ3v) is 3.72. The maximum atomic E-state index is 12.2. The molecule has 0 saturated heterocycles. The first-order chi connectivity index (χ1) is 11.0. The Kier molecular flexibility index (Phi) is 4.52. The Hall–Kier alpha value is -2.08. The molecular weight excluding hydrogens is 318 g/mol. The Bertz CT molecular complexity index is 697. The first-order valence-corrected chi connectivity index (χ1v) is 7.97. The first kappa shape index (κ1) is 15.8. The zero-order valence-corrected chi connectivity index (χ0v) is 13.8. The van der Waals surface area contributed by atoms with Crippen LogP contribution >= 0.6 is 11.6 Å². The van der Waals surface area contributed by atoms with Gasteiger partial charge in [-0.15, -0.1) is 0 Å². The second kappa shape index (κ2) is 6.58. The number of carbonyl (C=O) groups excluding carboxylic acids is 1. The molecule has 3 rings (SSSR count). The number of nitrogens with one attached hydrogen (secondary N) is 1. The Morgan fingerprint density at radius 2 is 2.26 bits per heavy atom. The molecule has 0 radical (unpaired) electrons. The van der Waals surface area contributed by atoms with E-state index in [-0.39, 0.29) is 16.8 Å². The fourth-order valence-electron chi connectivity index (χ4n) is 2.09. The third-order valence-electron chi connectivity index (χ3n) is 3.36. The smallest absolute Gasteiger partial charge is 0.358 e. The maximum absolute atomic E-state index is 12.2. The fourth-order valence-corrected chi connectivity index (χ4v) is 2.32. The molecule has 23 heavy (non-hydrogen) atoms. The van der Waals surface area contributed by atoms with Crippen LogP contribution in [0.5, 0.6) is 0 Å². The Morgan fingerprint density at radius 1 is 1.48 bits per heavy atom. The van der Waals surface area contributed by atoms with E-state index < -0.39 is 5.97 Å². The van der Waals surface area contributed by atoms with Crippen molar-refractivity contribution in [3.8, 4) is 0 Å². The van der Waals surface area contributed by atoms with Crippen molar-refractivity contribution in [2.45, 2.75) is 45.3 Å². The molecule has 1 aliphatic rings. The van der Waals surface area contributed by atoms with Crippen molar-refractivity contribution in [3.05, 3.63) is 40.7 Å². The molecule has 0 amide bonds. The molecular formula is C16H18ClN3O3. The summed E-state index contributed by atoms with van der Waals surface area (Å²) in [6.07, 6.45) is 3.41. The molecule has 0 atom stereocenters. The molecule has 6 nitrogen and oxygen atoms in total. The lowest BCUT2D eigenvalue weighted by Crippen LogP contribution is -2.16. The van der Waals surface area contributed by atoms with E-state index in [1.807, 2.05) is 6.07 Å². The number of nitrogens with zero attached hydrogens (tertiary/aromatic N) is 2. The molecule has 1 N–H and O–H groups in total. The van der Waals surface area contributed by atoms with E-state index in [0.717, 1.165) is 18.6 Å². The number of esters is 1. The number of hydrogen-bond donors (Lipinski definition) is 1. The number of halogens is 1. The minimum atomic E-state index is -0.532. The summed E-state index contributed by atoms with van der Waals surface area (Å²) in [6.45, 7) is 3.99. The summed E-state index contributed by atoms with van der Waals surface area (Å²) < 4.78 is 10.5. The average Bonchev–Trinajstić information content (AvgIpc) is 3.22. The van der Waals surface area contributed by atoms with Crippen LogP contribution in [0.4, 0.5) is 5.82 Å². The largest absolute Gasteiger partial charge is 0.467 e. The molecule has 122 valence electrons. The molecule has 1 saturated carbocycles. The number of ether oxygens (including phenoxy) is 1. The SMILES string of the molecule is CC(C)OC(=O)c1nc(C2CC2)nc(NCc2ccco2)c1Cl. The van der Waals surface area contributed by atoms with Gasteiger partial charge in [-0.3, -0.25) is 0 Å². The number of carbonyl (C=O) groups is 1. The lowest BCUT2D eigenvalue weighted by molar-refractivity contribution is 0.0370. The summed E-state index contributed by atoms with van der Waals surface area (Å²) in [5, 5.41) is 3.28. The quantitative estimate of drug-likeness (QED) is 0.809. The van der Waals surface area contributed by atoms with Crippen molar-refractivity contribution in [3.63, 3.8) is 0 Å². The van der Waals surface area contributed by atoms with Crippen LogP contribution in [0, 0.1) is 0 Å². The van der Waals surface area contributed by atoms with Gasteiger partial charge in [0.1, 0.15) is 22.4 Å².